The second-order valence-electron chi connectivity index (χ2n) is 6.76. The van der Waals surface area contributed by atoms with E-state index < -0.39 is 0 Å². The summed E-state index contributed by atoms with van der Waals surface area (Å²) in [5.41, 5.74) is 2.96. The van der Waals surface area contributed by atoms with Crippen molar-refractivity contribution >= 4 is 11.5 Å². The van der Waals surface area contributed by atoms with Crippen molar-refractivity contribution < 1.29 is 14.3 Å². The Kier molecular flexibility index (Phi) is 3.42. The summed E-state index contributed by atoms with van der Waals surface area (Å²) in [7, 11) is 3.27. The van der Waals surface area contributed by atoms with Crippen LogP contribution in [0.5, 0.6) is 11.5 Å². The number of fused-ring (bicyclic) bond motifs is 1. The fourth-order valence-electron chi connectivity index (χ4n) is 3.80. The van der Waals surface area contributed by atoms with E-state index in [0.717, 1.165) is 28.5 Å². The van der Waals surface area contributed by atoms with E-state index in [9.17, 15) is 4.79 Å². The Morgan fingerprint density at radius 3 is 2.59 bits per heavy atom. The zero-order chi connectivity index (χ0) is 16.1. The van der Waals surface area contributed by atoms with Crippen LogP contribution in [0.25, 0.3) is 0 Å². The molecule has 4 nitrogen and oxygen atoms in total. The van der Waals surface area contributed by atoms with Gasteiger partial charge in [0.05, 0.1) is 19.9 Å². The summed E-state index contributed by atoms with van der Waals surface area (Å²) < 4.78 is 10.7. The predicted molar refractivity (Wildman–Crippen MR) is 86.3 cm³/mol. The van der Waals surface area contributed by atoms with Crippen LogP contribution in [0.3, 0.4) is 0 Å². The maximum absolute atomic E-state index is 12.3. The van der Waals surface area contributed by atoms with Gasteiger partial charge in [-0.2, -0.15) is 0 Å². The minimum absolute atomic E-state index is 0.255. The molecule has 0 amide bonds. The normalized spacial score (nSPS) is 27.2. The van der Waals surface area contributed by atoms with Crippen molar-refractivity contribution in [1.29, 1.82) is 0 Å². The molecule has 0 spiro atoms. The molecule has 2 aliphatic rings. The average molecular weight is 301 g/mol. The highest BCUT2D eigenvalue weighted by Crippen LogP contribution is 2.68. The lowest BCUT2D eigenvalue weighted by Crippen LogP contribution is -2.12. The molecule has 2 saturated carbocycles. The third kappa shape index (κ3) is 2.18. The summed E-state index contributed by atoms with van der Waals surface area (Å²) in [5.74, 6) is 2.67. The van der Waals surface area contributed by atoms with Gasteiger partial charge in [-0.15, -0.1) is 0 Å². The third-order valence-corrected chi connectivity index (χ3v) is 5.20. The average Bonchev–Trinajstić information content (AvgIpc) is 2.84. The summed E-state index contributed by atoms with van der Waals surface area (Å²) >= 11 is 0. The fraction of sp³-hybridized carbons (Fsp3) is 0.500. The highest BCUT2D eigenvalue weighted by Gasteiger charge is 2.65. The van der Waals surface area contributed by atoms with E-state index in [1.165, 1.54) is 0 Å². The topological polar surface area (TPSA) is 47.6 Å². The van der Waals surface area contributed by atoms with Crippen molar-refractivity contribution in [2.75, 3.05) is 19.5 Å². The number of anilines is 1. The number of carbonyl (C=O) groups excluding carboxylic acids is 1. The summed E-state index contributed by atoms with van der Waals surface area (Å²) in [5, 5.41) is 3.36. The molecule has 2 fully saturated rings. The molecule has 2 atom stereocenters. The molecule has 3 rings (SSSR count). The Labute approximate surface area is 131 Å². The second kappa shape index (κ2) is 5.04. The fourth-order valence-corrected chi connectivity index (χ4v) is 3.80. The maximum Gasteiger partial charge on any atom is 0.161 e. The standard InChI is InChI=1S/C18H23NO3/c1-10(16-14(20)9-12-17(16)18(12,2)3)19-13-8-11(21-4)6-7-15(13)22-5/h6-8,12,17,19H,9H2,1-5H3/b16-10+/t12-,17-/m1/s1. The molecule has 0 heterocycles. The number of carbonyl (C=O) groups is 1. The second-order valence-corrected chi connectivity index (χ2v) is 6.76. The van der Waals surface area contributed by atoms with E-state index in [2.05, 4.69) is 19.2 Å². The molecule has 0 bridgehead atoms. The molecule has 0 radical (unpaired) electrons. The Hall–Kier alpha value is -1.97. The molecular formula is C18H23NO3. The van der Waals surface area contributed by atoms with E-state index in [1.807, 2.05) is 25.1 Å². The number of hydrogen-bond acceptors (Lipinski definition) is 4. The molecular weight excluding hydrogens is 278 g/mol. The van der Waals surface area contributed by atoms with Crippen LogP contribution >= 0.6 is 0 Å². The molecule has 22 heavy (non-hydrogen) atoms. The van der Waals surface area contributed by atoms with Crippen molar-refractivity contribution in [3.63, 3.8) is 0 Å². The zero-order valence-corrected chi connectivity index (χ0v) is 13.8. The van der Waals surface area contributed by atoms with E-state index >= 15 is 0 Å². The first-order valence-corrected chi connectivity index (χ1v) is 7.63. The minimum Gasteiger partial charge on any atom is -0.497 e. The first-order valence-electron chi connectivity index (χ1n) is 7.63. The van der Waals surface area contributed by atoms with Crippen molar-refractivity contribution in [3.05, 3.63) is 29.5 Å². The number of nitrogens with one attached hydrogen (secondary N) is 1. The molecule has 0 aromatic heterocycles. The van der Waals surface area contributed by atoms with Crippen LogP contribution < -0.4 is 14.8 Å². The Bertz CT molecular complexity index is 660. The number of benzene rings is 1. The summed E-state index contributed by atoms with van der Waals surface area (Å²) in [4.78, 5) is 12.3. The Morgan fingerprint density at radius 2 is 2.00 bits per heavy atom. The molecule has 2 aliphatic carbocycles. The molecule has 1 N–H and O–H groups in total. The van der Waals surface area contributed by atoms with E-state index in [1.54, 1.807) is 14.2 Å². The smallest absolute Gasteiger partial charge is 0.161 e. The van der Waals surface area contributed by atoms with Crippen molar-refractivity contribution in [2.24, 2.45) is 17.3 Å². The van der Waals surface area contributed by atoms with E-state index in [0.29, 0.717) is 18.3 Å². The van der Waals surface area contributed by atoms with E-state index in [4.69, 9.17) is 9.47 Å². The van der Waals surface area contributed by atoms with Gasteiger partial charge in [0.2, 0.25) is 0 Å². The summed E-state index contributed by atoms with van der Waals surface area (Å²) in [6, 6.07) is 5.60. The lowest BCUT2D eigenvalue weighted by atomic mass is 9.95. The van der Waals surface area contributed by atoms with Gasteiger partial charge in [-0.1, -0.05) is 13.8 Å². The lowest BCUT2D eigenvalue weighted by Gasteiger charge is -2.17. The SMILES string of the molecule is COc1ccc(OC)c(N/C(C)=C2\C(=O)C[C@@H]3[C@H]2C3(C)C)c1. The molecule has 4 heteroatoms. The molecule has 0 saturated heterocycles. The number of ketones is 1. The number of methoxy groups -OCH3 is 2. The van der Waals surface area contributed by atoms with Gasteiger partial charge in [0.15, 0.2) is 5.78 Å². The first-order chi connectivity index (χ1) is 10.4. The predicted octanol–water partition coefficient (Wildman–Crippen LogP) is 3.63. The van der Waals surface area contributed by atoms with Gasteiger partial charge in [0.25, 0.3) is 0 Å². The molecule has 0 aliphatic heterocycles. The van der Waals surface area contributed by atoms with Crippen molar-refractivity contribution in [3.8, 4) is 11.5 Å². The summed E-state index contributed by atoms with van der Waals surface area (Å²) in [6.07, 6.45) is 0.682. The monoisotopic (exact) mass is 301 g/mol. The molecule has 0 unspecified atom stereocenters. The molecule has 118 valence electrons. The quantitative estimate of drug-likeness (QED) is 0.863. The van der Waals surface area contributed by atoms with Gasteiger partial charge in [-0.05, 0) is 36.3 Å². The van der Waals surface area contributed by atoms with Crippen LogP contribution in [0.2, 0.25) is 0 Å². The zero-order valence-electron chi connectivity index (χ0n) is 13.8. The van der Waals surface area contributed by atoms with Gasteiger partial charge in [0.1, 0.15) is 11.5 Å². The number of hydrogen-bond donors (Lipinski definition) is 1. The van der Waals surface area contributed by atoms with Crippen molar-refractivity contribution in [2.45, 2.75) is 27.2 Å². The highest BCUT2D eigenvalue weighted by atomic mass is 16.5. The number of rotatable bonds is 4. The van der Waals surface area contributed by atoms with Crippen LogP contribution in [-0.2, 0) is 4.79 Å². The van der Waals surface area contributed by atoms with Crippen LogP contribution in [0.15, 0.2) is 29.5 Å². The van der Waals surface area contributed by atoms with Crippen LogP contribution in [-0.4, -0.2) is 20.0 Å². The number of ether oxygens (including phenoxy) is 2. The van der Waals surface area contributed by atoms with Crippen LogP contribution in [0.1, 0.15) is 27.2 Å². The first kappa shape index (κ1) is 14.9. The van der Waals surface area contributed by atoms with Gasteiger partial charge < -0.3 is 14.8 Å². The number of allylic oxidation sites excluding steroid dienone is 2. The van der Waals surface area contributed by atoms with Gasteiger partial charge in [-0.3, -0.25) is 4.79 Å². The lowest BCUT2D eigenvalue weighted by molar-refractivity contribution is -0.115. The van der Waals surface area contributed by atoms with Crippen LogP contribution in [0.4, 0.5) is 5.69 Å². The van der Waals surface area contributed by atoms with E-state index in [-0.39, 0.29) is 11.2 Å². The minimum atomic E-state index is 0.255. The molecule has 1 aromatic rings. The van der Waals surface area contributed by atoms with Gasteiger partial charge in [0, 0.05) is 23.8 Å². The highest BCUT2D eigenvalue weighted by molar-refractivity contribution is 6.01. The largest absolute Gasteiger partial charge is 0.497 e. The Morgan fingerprint density at radius 1 is 1.27 bits per heavy atom. The molecule has 1 aromatic carbocycles. The van der Waals surface area contributed by atoms with Crippen LogP contribution in [0, 0.1) is 17.3 Å². The third-order valence-electron chi connectivity index (χ3n) is 5.20. The van der Waals surface area contributed by atoms with Gasteiger partial charge >= 0.3 is 0 Å². The number of Topliss-reactive ketones (excluding diaryl/α,β-unsaturated/α-hetero) is 1. The van der Waals surface area contributed by atoms with Crippen molar-refractivity contribution in [1.82, 2.24) is 0 Å². The van der Waals surface area contributed by atoms with Gasteiger partial charge in [-0.25, -0.2) is 0 Å². The summed E-state index contributed by atoms with van der Waals surface area (Å²) in [6.45, 7) is 6.46. The Balaban J connectivity index is 1.93. The maximum atomic E-state index is 12.3.